The number of benzene rings is 3. The minimum atomic E-state index is 0.801. The van der Waals surface area contributed by atoms with Gasteiger partial charge in [-0.2, -0.15) is 0 Å². The Bertz CT molecular complexity index is 1530. The molecule has 33 heavy (non-hydrogen) atoms. The number of aromatic nitrogens is 2. The second-order valence-electron chi connectivity index (χ2n) is 7.89. The lowest BCUT2D eigenvalue weighted by Gasteiger charge is -2.11. The third-order valence-electron chi connectivity index (χ3n) is 6.00. The molecule has 0 saturated heterocycles. The van der Waals surface area contributed by atoms with Crippen molar-refractivity contribution in [3.63, 3.8) is 0 Å². The van der Waals surface area contributed by atoms with Gasteiger partial charge >= 0.3 is 0 Å². The van der Waals surface area contributed by atoms with Crippen LogP contribution in [-0.2, 0) is 0 Å². The van der Waals surface area contributed by atoms with Crippen molar-refractivity contribution in [2.45, 2.75) is 0 Å². The van der Waals surface area contributed by atoms with Crippen molar-refractivity contribution in [1.82, 2.24) is 9.97 Å². The highest BCUT2D eigenvalue weighted by Gasteiger charge is 2.15. The molecular weight excluding hydrogens is 408 g/mol. The maximum absolute atomic E-state index is 5.41. The van der Waals surface area contributed by atoms with Crippen molar-refractivity contribution in [1.29, 1.82) is 0 Å². The Kier molecular flexibility index (Phi) is 5.19. The summed E-state index contributed by atoms with van der Waals surface area (Å²) in [5.41, 5.74) is 7.80. The predicted octanol–water partition coefficient (Wildman–Crippen LogP) is 6.86. The van der Waals surface area contributed by atoms with E-state index in [1.807, 2.05) is 60.8 Å². The van der Waals surface area contributed by atoms with E-state index in [9.17, 15) is 0 Å². The molecule has 5 aromatic rings. The van der Waals surface area contributed by atoms with Crippen molar-refractivity contribution in [2.24, 2.45) is 0 Å². The van der Waals surface area contributed by atoms with Crippen LogP contribution in [0.2, 0.25) is 0 Å². The average Bonchev–Trinajstić information content (AvgIpc) is 3.26. The van der Waals surface area contributed by atoms with Gasteiger partial charge in [-0.3, -0.25) is 0 Å². The van der Waals surface area contributed by atoms with Crippen LogP contribution in [0.1, 0.15) is 22.3 Å². The second-order valence-corrected chi connectivity index (χ2v) is 7.89. The first-order chi connectivity index (χ1) is 16.1. The molecule has 3 aromatic carbocycles. The molecule has 0 radical (unpaired) electrons. The van der Waals surface area contributed by atoms with Crippen LogP contribution in [0.15, 0.2) is 92.2 Å². The van der Waals surface area contributed by atoms with Gasteiger partial charge in [0.1, 0.15) is 17.1 Å². The smallest absolute Gasteiger partial charge is 0.138 e. The van der Waals surface area contributed by atoms with Gasteiger partial charge in [0.15, 0.2) is 0 Å². The Balaban J connectivity index is 1.65. The number of hydrogen-bond acceptors (Lipinski definition) is 3. The molecule has 0 saturated carbocycles. The molecule has 4 nitrogen and oxygen atoms in total. The molecular formula is C29H24N2O2. The minimum Gasteiger partial charge on any atom is -0.497 e. The zero-order valence-electron chi connectivity index (χ0n) is 18.7. The van der Waals surface area contributed by atoms with Crippen molar-refractivity contribution >= 4 is 33.1 Å². The first-order valence-corrected chi connectivity index (χ1v) is 10.7. The first kappa shape index (κ1) is 20.6. The molecule has 4 heteroatoms. The van der Waals surface area contributed by atoms with E-state index in [1.165, 1.54) is 0 Å². The first-order valence-electron chi connectivity index (χ1n) is 10.7. The highest BCUT2D eigenvalue weighted by Crippen LogP contribution is 2.36. The molecule has 0 aliphatic heterocycles. The Morgan fingerprint density at radius 3 is 2.06 bits per heavy atom. The van der Waals surface area contributed by atoms with E-state index in [-0.39, 0.29) is 0 Å². The number of fused-ring (bicyclic) bond motifs is 3. The molecule has 0 unspecified atom stereocenters. The monoisotopic (exact) mass is 432 g/mol. The fourth-order valence-corrected chi connectivity index (χ4v) is 4.20. The average molecular weight is 433 g/mol. The largest absolute Gasteiger partial charge is 0.497 e. The summed E-state index contributed by atoms with van der Waals surface area (Å²) >= 11 is 0. The fourth-order valence-electron chi connectivity index (χ4n) is 4.20. The Labute approximate surface area is 192 Å². The predicted molar refractivity (Wildman–Crippen MR) is 136 cm³/mol. The number of pyridine rings is 1. The van der Waals surface area contributed by atoms with E-state index in [2.05, 4.69) is 41.3 Å². The molecule has 5 rings (SSSR count). The third-order valence-corrected chi connectivity index (χ3v) is 6.00. The molecule has 162 valence electrons. The van der Waals surface area contributed by atoms with Crippen LogP contribution in [-0.4, -0.2) is 24.2 Å². The van der Waals surface area contributed by atoms with E-state index in [0.717, 1.165) is 66.8 Å². The van der Waals surface area contributed by atoms with Gasteiger partial charge in [-0.15, -0.1) is 0 Å². The van der Waals surface area contributed by atoms with Gasteiger partial charge in [-0.25, -0.2) is 4.98 Å². The minimum absolute atomic E-state index is 0.801. The number of ether oxygens (including phenoxy) is 2. The quantitative estimate of drug-likeness (QED) is 0.319. The number of nitrogens with zero attached hydrogens (tertiary/aromatic N) is 1. The van der Waals surface area contributed by atoms with Gasteiger partial charge in [0, 0.05) is 22.5 Å². The fraction of sp³-hybridized carbons (Fsp3) is 0.0690. The lowest BCUT2D eigenvalue weighted by Crippen LogP contribution is -1.91. The molecule has 0 amide bonds. The summed E-state index contributed by atoms with van der Waals surface area (Å²) in [5.74, 6) is 1.61. The van der Waals surface area contributed by atoms with Crippen molar-refractivity contribution < 1.29 is 9.47 Å². The highest BCUT2D eigenvalue weighted by atomic mass is 16.5. The zero-order chi connectivity index (χ0) is 22.9. The number of hydrogen-bond donors (Lipinski definition) is 1. The van der Waals surface area contributed by atoms with Crippen molar-refractivity contribution in [3.8, 4) is 11.5 Å². The van der Waals surface area contributed by atoms with Gasteiger partial charge in [0.25, 0.3) is 0 Å². The van der Waals surface area contributed by atoms with Gasteiger partial charge < -0.3 is 14.5 Å². The summed E-state index contributed by atoms with van der Waals surface area (Å²) in [4.78, 5) is 8.03. The van der Waals surface area contributed by atoms with Crippen LogP contribution in [0, 0.1) is 0 Å². The Morgan fingerprint density at radius 2 is 1.39 bits per heavy atom. The molecule has 0 aliphatic rings. The van der Waals surface area contributed by atoms with Crippen LogP contribution < -0.4 is 9.47 Å². The van der Waals surface area contributed by atoms with Gasteiger partial charge in [-0.05, 0) is 75.9 Å². The molecule has 0 atom stereocenters. The van der Waals surface area contributed by atoms with Crippen molar-refractivity contribution in [2.75, 3.05) is 14.2 Å². The summed E-state index contributed by atoms with van der Waals surface area (Å²) in [7, 11) is 3.34. The lowest BCUT2D eigenvalue weighted by molar-refractivity contribution is 0.414. The normalized spacial score (nSPS) is 11.0. The van der Waals surface area contributed by atoms with Crippen molar-refractivity contribution in [3.05, 3.63) is 114 Å². The Hall–Kier alpha value is -4.31. The number of H-pyrrole nitrogens is 1. The zero-order valence-corrected chi connectivity index (χ0v) is 18.7. The third kappa shape index (κ3) is 3.66. The van der Waals surface area contributed by atoms with Gasteiger partial charge in [0.05, 0.1) is 14.2 Å². The van der Waals surface area contributed by atoms with E-state index in [1.54, 1.807) is 14.2 Å². The summed E-state index contributed by atoms with van der Waals surface area (Å²) in [6.45, 7) is 8.76. The highest BCUT2D eigenvalue weighted by molar-refractivity contribution is 6.12. The topological polar surface area (TPSA) is 47.1 Å². The number of rotatable bonds is 6. The van der Waals surface area contributed by atoms with E-state index >= 15 is 0 Å². The standard InChI is InChI=1S/C29H24N2O2/c1-18(20-7-5-9-23(15-20)32-3)22-11-12-27-26(17-22)28-25(13-14-30-29(28)31-27)19(2)21-8-6-10-24(16-21)33-4/h5-17H,1-2H2,3-4H3,(H,30,31). The van der Waals surface area contributed by atoms with E-state index in [0.29, 0.717) is 0 Å². The molecule has 0 aliphatic carbocycles. The van der Waals surface area contributed by atoms with Crippen LogP contribution in [0.25, 0.3) is 33.1 Å². The summed E-state index contributed by atoms with van der Waals surface area (Å²) in [5, 5.41) is 2.12. The van der Waals surface area contributed by atoms with Crippen LogP contribution in [0.3, 0.4) is 0 Å². The molecule has 2 heterocycles. The SMILES string of the molecule is C=C(c1cccc(OC)c1)c1ccc2[nH]c3nccc(C(=C)c4cccc(OC)c4)c3c2c1. The van der Waals surface area contributed by atoms with Crippen LogP contribution in [0.4, 0.5) is 0 Å². The van der Waals surface area contributed by atoms with Crippen LogP contribution >= 0.6 is 0 Å². The van der Waals surface area contributed by atoms with E-state index < -0.39 is 0 Å². The summed E-state index contributed by atoms with van der Waals surface area (Å²) < 4.78 is 10.8. The Morgan fingerprint density at radius 1 is 0.758 bits per heavy atom. The summed E-state index contributed by atoms with van der Waals surface area (Å²) in [6, 6.07) is 24.2. The molecule has 0 bridgehead atoms. The lowest BCUT2D eigenvalue weighted by atomic mass is 9.94. The molecule has 1 N–H and O–H groups in total. The van der Waals surface area contributed by atoms with Gasteiger partial charge in [-0.1, -0.05) is 43.5 Å². The number of aromatic amines is 1. The van der Waals surface area contributed by atoms with E-state index in [4.69, 9.17) is 9.47 Å². The molecule has 0 fully saturated rings. The van der Waals surface area contributed by atoms with Crippen LogP contribution in [0.5, 0.6) is 11.5 Å². The maximum atomic E-state index is 5.41. The second kappa shape index (κ2) is 8.32. The number of methoxy groups -OCH3 is 2. The molecule has 2 aromatic heterocycles. The van der Waals surface area contributed by atoms with Gasteiger partial charge in [0.2, 0.25) is 0 Å². The molecule has 0 spiro atoms. The summed E-state index contributed by atoms with van der Waals surface area (Å²) in [6.07, 6.45) is 1.81. The maximum Gasteiger partial charge on any atom is 0.138 e. The number of nitrogens with one attached hydrogen (secondary N) is 1.